The molecule has 1 saturated heterocycles. The van der Waals surface area contributed by atoms with Crippen LogP contribution in [0.5, 0.6) is 0 Å². The number of nitrogens with one attached hydrogen (secondary N) is 2. The topological polar surface area (TPSA) is 123 Å². The number of alkyl carbamates (subject to hydrolysis) is 1. The van der Waals surface area contributed by atoms with E-state index >= 15 is 0 Å². The Kier molecular flexibility index (Phi) is 14.6. The van der Waals surface area contributed by atoms with E-state index in [1.807, 2.05) is 38.3 Å². The summed E-state index contributed by atoms with van der Waals surface area (Å²) in [5.74, 6) is -0.623. The zero-order valence-corrected chi connectivity index (χ0v) is 27.8. The zero-order chi connectivity index (χ0) is 31.3. The van der Waals surface area contributed by atoms with Crippen molar-refractivity contribution in [3.63, 3.8) is 0 Å². The molecule has 3 atom stereocenters. The van der Waals surface area contributed by atoms with Crippen molar-refractivity contribution in [3.8, 4) is 0 Å². The van der Waals surface area contributed by atoms with Crippen molar-refractivity contribution in [2.45, 2.75) is 109 Å². The number of amides is 2. The second-order valence-corrected chi connectivity index (χ2v) is 14.5. The van der Waals surface area contributed by atoms with Crippen LogP contribution in [0.4, 0.5) is 4.79 Å². The Hall–Kier alpha value is -2.31. The summed E-state index contributed by atoms with van der Waals surface area (Å²) in [4.78, 5) is 53.8. The molecule has 2 N–H and O–H groups in total. The third-order valence-corrected chi connectivity index (χ3v) is 8.59. The summed E-state index contributed by atoms with van der Waals surface area (Å²) < 4.78 is 16.1. The molecular weight excluding hydrogens is 578 g/mol. The first-order chi connectivity index (χ1) is 19.7. The molecule has 2 amide bonds. The van der Waals surface area contributed by atoms with Crippen LogP contribution in [-0.4, -0.2) is 84.1 Å². The Bertz CT molecular complexity index is 1010. The lowest BCUT2D eigenvalue weighted by atomic mass is 10.1. The van der Waals surface area contributed by atoms with Crippen molar-refractivity contribution in [3.05, 3.63) is 22.4 Å². The molecule has 1 fully saturated rings. The lowest BCUT2D eigenvalue weighted by molar-refractivity contribution is -0.159. The highest BCUT2D eigenvalue weighted by Crippen LogP contribution is 2.36. The summed E-state index contributed by atoms with van der Waals surface area (Å²) in [6.07, 6.45) is 3.34. The van der Waals surface area contributed by atoms with E-state index in [0.717, 1.165) is 30.6 Å². The van der Waals surface area contributed by atoms with Crippen LogP contribution in [0.1, 0.15) is 90.7 Å². The molecule has 238 valence electrons. The predicted octanol–water partition coefficient (Wildman–Crippen LogP) is 5.07. The molecule has 2 rings (SSSR count). The number of thioether (sulfide) groups is 1. The number of nitrogens with zero attached hydrogens (tertiary/aromatic N) is 1. The summed E-state index contributed by atoms with van der Waals surface area (Å²) >= 11 is 3.26. The lowest BCUT2D eigenvalue weighted by Gasteiger charge is -2.28. The van der Waals surface area contributed by atoms with Gasteiger partial charge < -0.3 is 24.4 Å². The number of carbonyl (C=O) groups is 4. The summed E-state index contributed by atoms with van der Waals surface area (Å²) in [7, 11) is 0. The van der Waals surface area contributed by atoms with Crippen LogP contribution in [-0.2, 0) is 28.6 Å². The van der Waals surface area contributed by atoms with Crippen LogP contribution in [0, 0.1) is 0 Å². The summed E-state index contributed by atoms with van der Waals surface area (Å²) in [5, 5.41) is 8.05. The molecule has 1 aliphatic rings. The highest BCUT2D eigenvalue weighted by Gasteiger charge is 2.36. The molecule has 2 heterocycles. The molecule has 0 aromatic carbocycles. The van der Waals surface area contributed by atoms with Gasteiger partial charge in [-0.3, -0.25) is 19.7 Å². The van der Waals surface area contributed by atoms with Crippen LogP contribution in [0.15, 0.2) is 17.5 Å². The standard InChI is InChI=1S/C30H49N3O7S2/c1-8-38-27(36)21(14-11-9-10-12-16-31-28(37)40-30(5,6)7)32-22-20-42-24(23-15-13-17-41-23)18-33(26(22)35)19-25(34)39-29(2,3)4/h13,15,17,21-22,24,32H,8-12,14,16,18-20H2,1-7H3,(H,31,37). The Labute approximate surface area is 259 Å². The van der Waals surface area contributed by atoms with Crippen molar-refractivity contribution in [2.24, 2.45) is 0 Å². The Balaban J connectivity index is 2.00. The Morgan fingerprint density at radius 3 is 2.36 bits per heavy atom. The molecule has 0 aliphatic carbocycles. The first-order valence-corrected chi connectivity index (χ1v) is 16.7. The molecule has 1 aliphatic heterocycles. The molecule has 42 heavy (non-hydrogen) atoms. The summed E-state index contributed by atoms with van der Waals surface area (Å²) in [6, 6.07) is 2.71. The van der Waals surface area contributed by atoms with Gasteiger partial charge in [-0.2, -0.15) is 0 Å². The summed E-state index contributed by atoms with van der Waals surface area (Å²) in [6.45, 7) is 13.6. The SMILES string of the molecule is CCOC(=O)C(CCCCCCNC(=O)OC(C)(C)C)NC1CSC(c2cccs2)CN(CC(=O)OC(C)(C)C)C1=O. The van der Waals surface area contributed by atoms with Gasteiger partial charge in [0.1, 0.15) is 23.8 Å². The van der Waals surface area contributed by atoms with Gasteiger partial charge in [0.15, 0.2) is 0 Å². The zero-order valence-electron chi connectivity index (χ0n) is 26.2. The molecule has 0 bridgehead atoms. The van der Waals surface area contributed by atoms with Crippen molar-refractivity contribution >= 4 is 47.0 Å². The van der Waals surface area contributed by atoms with Gasteiger partial charge in [-0.05, 0) is 72.8 Å². The number of carbonyl (C=O) groups excluding carboxylic acids is 4. The number of rotatable bonds is 14. The third kappa shape index (κ3) is 13.8. The largest absolute Gasteiger partial charge is 0.465 e. The second-order valence-electron chi connectivity index (χ2n) is 12.3. The lowest BCUT2D eigenvalue weighted by Crippen LogP contribution is -2.54. The molecule has 0 spiro atoms. The van der Waals surface area contributed by atoms with Crippen LogP contribution in [0.2, 0.25) is 0 Å². The first kappa shape index (κ1) is 35.9. The number of thiophene rings is 1. The van der Waals surface area contributed by atoms with Gasteiger partial charge in [0, 0.05) is 23.7 Å². The fourth-order valence-electron chi connectivity index (χ4n) is 4.37. The Morgan fingerprint density at radius 2 is 1.74 bits per heavy atom. The van der Waals surface area contributed by atoms with Gasteiger partial charge in [0.25, 0.3) is 0 Å². The van der Waals surface area contributed by atoms with Gasteiger partial charge in [0.05, 0.1) is 17.9 Å². The van der Waals surface area contributed by atoms with E-state index in [0.29, 0.717) is 25.3 Å². The molecule has 0 saturated carbocycles. The normalized spacial score (nSPS) is 18.6. The van der Waals surface area contributed by atoms with Gasteiger partial charge in [0.2, 0.25) is 5.91 Å². The van der Waals surface area contributed by atoms with E-state index < -0.39 is 35.3 Å². The maximum Gasteiger partial charge on any atom is 0.407 e. The molecule has 0 radical (unpaired) electrons. The predicted molar refractivity (Wildman–Crippen MR) is 167 cm³/mol. The average Bonchev–Trinajstić information content (AvgIpc) is 3.35. The van der Waals surface area contributed by atoms with Crippen LogP contribution >= 0.6 is 23.1 Å². The van der Waals surface area contributed by atoms with Crippen LogP contribution in [0.3, 0.4) is 0 Å². The number of hydrogen-bond donors (Lipinski definition) is 2. The average molecular weight is 628 g/mol. The fraction of sp³-hybridized carbons (Fsp3) is 0.733. The minimum atomic E-state index is -0.660. The van der Waals surface area contributed by atoms with E-state index in [1.165, 1.54) is 0 Å². The van der Waals surface area contributed by atoms with Crippen molar-refractivity contribution in [1.82, 2.24) is 15.5 Å². The minimum absolute atomic E-state index is 0.0125. The van der Waals surface area contributed by atoms with Gasteiger partial charge in [-0.1, -0.05) is 25.3 Å². The maximum absolute atomic E-state index is 13.7. The first-order valence-electron chi connectivity index (χ1n) is 14.7. The number of hydrogen-bond acceptors (Lipinski definition) is 10. The quantitative estimate of drug-likeness (QED) is 0.165. The molecule has 1 aromatic rings. The van der Waals surface area contributed by atoms with Crippen LogP contribution < -0.4 is 10.6 Å². The molecule has 1 aromatic heterocycles. The van der Waals surface area contributed by atoms with Crippen molar-refractivity contribution in [2.75, 3.05) is 32.0 Å². The fourth-order valence-corrected chi connectivity index (χ4v) is 6.63. The summed E-state index contributed by atoms with van der Waals surface area (Å²) in [5.41, 5.74) is -1.19. The minimum Gasteiger partial charge on any atom is -0.465 e. The smallest absolute Gasteiger partial charge is 0.407 e. The maximum atomic E-state index is 13.7. The monoisotopic (exact) mass is 627 g/mol. The number of esters is 2. The van der Waals surface area contributed by atoms with Gasteiger partial charge in [-0.25, -0.2) is 4.79 Å². The molecule has 12 heteroatoms. The van der Waals surface area contributed by atoms with Gasteiger partial charge in [-0.15, -0.1) is 23.1 Å². The highest BCUT2D eigenvalue weighted by molar-refractivity contribution is 7.99. The number of unbranched alkanes of at least 4 members (excludes halogenated alkanes) is 3. The molecular formula is C30H49N3O7S2. The van der Waals surface area contributed by atoms with E-state index in [-0.39, 0.29) is 30.3 Å². The van der Waals surface area contributed by atoms with Crippen molar-refractivity contribution < 1.29 is 33.4 Å². The van der Waals surface area contributed by atoms with Crippen molar-refractivity contribution in [1.29, 1.82) is 0 Å². The van der Waals surface area contributed by atoms with Gasteiger partial charge >= 0.3 is 18.0 Å². The Morgan fingerprint density at radius 1 is 1.05 bits per heavy atom. The highest BCUT2D eigenvalue weighted by atomic mass is 32.2. The molecule has 3 unspecified atom stereocenters. The van der Waals surface area contributed by atoms with E-state index in [9.17, 15) is 19.2 Å². The third-order valence-electron chi connectivity index (χ3n) is 6.12. The molecule has 10 nitrogen and oxygen atoms in total. The van der Waals surface area contributed by atoms with E-state index in [2.05, 4.69) is 10.6 Å². The number of ether oxygens (including phenoxy) is 3. The van der Waals surface area contributed by atoms with Crippen LogP contribution in [0.25, 0.3) is 0 Å². The van der Waals surface area contributed by atoms with E-state index in [4.69, 9.17) is 14.2 Å². The second kappa shape index (κ2) is 17.1. The van der Waals surface area contributed by atoms with E-state index in [1.54, 1.807) is 55.7 Å².